The number of piperazine rings is 1. The minimum atomic E-state index is -0.757. The van der Waals surface area contributed by atoms with E-state index in [4.69, 9.17) is 4.52 Å². The minimum Gasteiger partial charge on any atom is -0.364 e. The molecule has 2 unspecified atom stereocenters. The second-order valence-corrected chi connectivity index (χ2v) is 5.57. The van der Waals surface area contributed by atoms with Crippen LogP contribution in [0.15, 0.2) is 16.9 Å². The van der Waals surface area contributed by atoms with Crippen molar-refractivity contribution in [3.05, 3.63) is 18.0 Å². The number of nitrogens with one attached hydrogen (secondary N) is 1. The van der Waals surface area contributed by atoms with Crippen LogP contribution < -0.4 is 5.32 Å². The fourth-order valence-corrected chi connectivity index (χ4v) is 2.67. The van der Waals surface area contributed by atoms with E-state index < -0.39 is 11.6 Å². The molecule has 3 rings (SSSR count). The smallest absolute Gasteiger partial charge is 0.249 e. The summed E-state index contributed by atoms with van der Waals surface area (Å²) < 4.78 is 4.78. The summed E-state index contributed by atoms with van der Waals surface area (Å²) in [5, 5.41) is 6.70. The van der Waals surface area contributed by atoms with Crippen LogP contribution in [0.2, 0.25) is 0 Å². The number of aromatic nitrogens is 1. The van der Waals surface area contributed by atoms with Crippen molar-refractivity contribution in [3.63, 3.8) is 0 Å². The van der Waals surface area contributed by atoms with E-state index in [0.29, 0.717) is 12.2 Å². The summed E-state index contributed by atoms with van der Waals surface area (Å²) in [4.78, 5) is 26.3. The summed E-state index contributed by atoms with van der Waals surface area (Å²) >= 11 is 0. The maximum atomic E-state index is 12.7. The Labute approximate surface area is 111 Å². The van der Waals surface area contributed by atoms with Gasteiger partial charge in [-0.2, -0.15) is 0 Å². The molecule has 1 N–H and O–H groups in total. The second kappa shape index (κ2) is 4.08. The van der Waals surface area contributed by atoms with Gasteiger partial charge in [-0.15, -0.1) is 0 Å². The third-order valence-corrected chi connectivity index (χ3v) is 4.15. The lowest BCUT2D eigenvalue weighted by atomic mass is 9.89. The molecule has 2 aliphatic rings. The van der Waals surface area contributed by atoms with Crippen LogP contribution in [0.5, 0.6) is 0 Å². The molecule has 2 heterocycles. The summed E-state index contributed by atoms with van der Waals surface area (Å²) in [6.07, 6.45) is 3.46. The molecule has 2 atom stereocenters. The van der Waals surface area contributed by atoms with Gasteiger partial charge >= 0.3 is 0 Å². The predicted molar refractivity (Wildman–Crippen MR) is 65.8 cm³/mol. The molecule has 0 bridgehead atoms. The third-order valence-electron chi connectivity index (χ3n) is 4.15. The number of hydrogen-bond acceptors (Lipinski definition) is 4. The first-order chi connectivity index (χ1) is 9.02. The Balaban J connectivity index is 1.87. The van der Waals surface area contributed by atoms with E-state index in [1.807, 2.05) is 6.92 Å². The normalized spacial score (nSPS) is 31.5. The molecule has 0 aromatic carbocycles. The zero-order valence-corrected chi connectivity index (χ0v) is 11.0. The van der Waals surface area contributed by atoms with Gasteiger partial charge in [-0.25, -0.2) is 0 Å². The first kappa shape index (κ1) is 12.2. The van der Waals surface area contributed by atoms with E-state index in [1.54, 1.807) is 17.9 Å². The monoisotopic (exact) mass is 263 g/mol. The number of rotatable bonds is 3. The van der Waals surface area contributed by atoms with Crippen LogP contribution in [0.1, 0.15) is 32.4 Å². The van der Waals surface area contributed by atoms with Crippen LogP contribution in [0, 0.1) is 5.92 Å². The van der Waals surface area contributed by atoms with Crippen LogP contribution in [0.25, 0.3) is 0 Å². The molecule has 1 aromatic rings. The van der Waals surface area contributed by atoms with Crippen LogP contribution in [-0.4, -0.2) is 33.5 Å². The highest BCUT2D eigenvalue weighted by molar-refractivity contribution is 5.99. The summed E-state index contributed by atoms with van der Waals surface area (Å²) in [6, 6.07) is 1.23. The Morgan fingerprint density at radius 3 is 2.84 bits per heavy atom. The number of carbonyl (C=O) groups is 2. The third kappa shape index (κ3) is 1.91. The van der Waals surface area contributed by atoms with Crippen molar-refractivity contribution >= 4 is 11.8 Å². The number of nitrogens with zero attached hydrogens (tertiary/aromatic N) is 2. The van der Waals surface area contributed by atoms with Gasteiger partial charge in [0, 0.05) is 6.07 Å². The molecule has 1 aliphatic heterocycles. The Bertz CT molecular complexity index is 509. The van der Waals surface area contributed by atoms with E-state index >= 15 is 0 Å². The largest absolute Gasteiger partial charge is 0.364 e. The standard InChI is InChI=1S/C13H17N3O3/c1-8-11(17)14-13(2,9-3-4-9)12(18)16(8)7-10-5-6-19-15-10/h5-6,8-9H,3-4,7H2,1-2H3,(H,14,17). The molecule has 0 radical (unpaired) electrons. The van der Waals surface area contributed by atoms with Crippen molar-refractivity contribution in [1.82, 2.24) is 15.4 Å². The van der Waals surface area contributed by atoms with Crippen LogP contribution in [0.3, 0.4) is 0 Å². The first-order valence-electron chi connectivity index (χ1n) is 6.54. The quantitative estimate of drug-likeness (QED) is 0.870. The second-order valence-electron chi connectivity index (χ2n) is 5.57. The van der Waals surface area contributed by atoms with E-state index in [-0.39, 0.29) is 17.7 Å². The molecule has 1 saturated carbocycles. The molecule has 1 aromatic heterocycles. The number of carbonyl (C=O) groups excluding carboxylic acids is 2. The maximum absolute atomic E-state index is 12.7. The van der Waals surface area contributed by atoms with Crippen molar-refractivity contribution in [2.24, 2.45) is 5.92 Å². The first-order valence-corrected chi connectivity index (χ1v) is 6.54. The molecule has 102 valence electrons. The molecule has 6 nitrogen and oxygen atoms in total. The molecular formula is C13H17N3O3. The van der Waals surface area contributed by atoms with Gasteiger partial charge in [0.2, 0.25) is 11.8 Å². The molecule has 1 saturated heterocycles. The lowest BCUT2D eigenvalue weighted by Crippen LogP contribution is -2.69. The maximum Gasteiger partial charge on any atom is 0.249 e. The van der Waals surface area contributed by atoms with Crippen LogP contribution >= 0.6 is 0 Å². The molecule has 19 heavy (non-hydrogen) atoms. The van der Waals surface area contributed by atoms with Crippen molar-refractivity contribution < 1.29 is 14.1 Å². The Kier molecular flexibility index (Phi) is 2.62. The van der Waals surface area contributed by atoms with E-state index in [9.17, 15) is 9.59 Å². The summed E-state index contributed by atoms with van der Waals surface area (Å²) in [7, 11) is 0. The van der Waals surface area contributed by atoms with Gasteiger partial charge in [0.15, 0.2) is 0 Å². The van der Waals surface area contributed by atoms with Gasteiger partial charge in [0.05, 0.1) is 6.54 Å². The van der Waals surface area contributed by atoms with Crippen LogP contribution in [0.4, 0.5) is 0 Å². The van der Waals surface area contributed by atoms with Crippen LogP contribution in [-0.2, 0) is 16.1 Å². The minimum absolute atomic E-state index is 0.0231. The van der Waals surface area contributed by atoms with Gasteiger partial charge in [-0.05, 0) is 32.6 Å². The van der Waals surface area contributed by atoms with Gasteiger partial charge < -0.3 is 14.7 Å². The highest BCUT2D eigenvalue weighted by atomic mass is 16.5. The highest BCUT2D eigenvalue weighted by Gasteiger charge is 2.54. The fourth-order valence-electron chi connectivity index (χ4n) is 2.67. The lowest BCUT2D eigenvalue weighted by Gasteiger charge is -2.43. The predicted octanol–water partition coefficient (Wildman–Crippen LogP) is 0.690. The summed E-state index contributed by atoms with van der Waals surface area (Å²) in [6.45, 7) is 3.87. The Hall–Kier alpha value is -1.85. The van der Waals surface area contributed by atoms with Crippen molar-refractivity contribution in [2.45, 2.75) is 44.8 Å². The molecule has 1 aliphatic carbocycles. The van der Waals surface area contributed by atoms with Crippen molar-refractivity contribution in [1.29, 1.82) is 0 Å². The molecule has 0 spiro atoms. The van der Waals surface area contributed by atoms with E-state index in [2.05, 4.69) is 10.5 Å². The van der Waals surface area contributed by atoms with E-state index in [1.165, 1.54) is 6.26 Å². The highest BCUT2D eigenvalue weighted by Crippen LogP contribution is 2.42. The Morgan fingerprint density at radius 1 is 1.53 bits per heavy atom. The average Bonchev–Trinajstić information content (AvgIpc) is 3.12. The molecule has 2 amide bonds. The van der Waals surface area contributed by atoms with Gasteiger partial charge in [0.1, 0.15) is 23.5 Å². The number of hydrogen-bond donors (Lipinski definition) is 1. The lowest BCUT2D eigenvalue weighted by molar-refractivity contribution is -0.155. The SMILES string of the molecule is CC1C(=O)NC(C)(C2CC2)C(=O)N1Cc1ccon1. The van der Waals surface area contributed by atoms with Crippen molar-refractivity contribution in [2.75, 3.05) is 0 Å². The van der Waals surface area contributed by atoms with Crippen molar-refractivity contribution in [3.8, 4) is 0 Å². The molecule has 2 fully saturated rings. The zero-order valence-electron chi connectivity index (χ0n) is 11.0. The Morgan fingerprint density at radius 2 is 2.26 bits per heavy atom. The zero-order chi connectivity index (χ0) is 13.6. The van der Waals surface area contributed by atoms with Gasteiger partial charge in [-0.1, -0.05) is 5.16 Å². The van der Waals surface area contributed by atoms with Gasteiger partial charge in [0.25, 0.3) is 0 Å². The molecule has 6 heteroatoms. The summed E-state index contributed by atoms with van der Waals surface area (Å²) in [5.41, 5.74) is -0.0964. The summed E-state index contributed by atoms with van der Waals surface area (Å²) in [5.74, 6) is 0.138. The fraction of sp³-hybridized carbons (Fsp3) is 0.615. The van der Waals surface area contributed by atoms with Gasteiger partial charge in [-0.3, -0.25) is 9.59 Å². The van der Waals surface area contributed by atoms with E-state index in [0.717, 1.165) is 12.8 Å². The number of amides is 2. The topological polar surface area (TPSA) is 75.4 Å². The molecular weight excluding hydrogens is 246 g/mol. The average molecular weight is 263 g/mol.